The first-order chi connectivity index (χ1) is 6.20. The molecule has 0 aliphatic rings. The predicted molar refractivity (Wildman–Crippen MR) is 53.7 cm³/mol. The summed E-state index contributed by atoms with van der Waals surface area (Å²) in [4.78, 5) is 0. The van der Waals surface area contributed by atoms with Crippen LogP contribution in [-0.4, -0.2) is 9.46 Å². The van der Waals surface area contributed by atoms with Crippen LogP contribution in [0.4, 0.5) is 8.22 Å². The summed E-state index contributed by atoms with van der Waals surface area (Å²) in [5, 5.41) is 0. The summed E-state index contributed by atoms with van der Waals surface area (Å²) in [6.07, 6.45) is 1.43. The van der Waals surface area contributed by atoms with E-state index in [-0.39, 0.29) is 6.04 Å². The Morgan fingerprint density at radius 1 is 1.23 bits per heavy atom. The van der Waals surface area contributed by atoms with Gasteiger partial charge in [-0.25, -0.2) is 0 Å². The van der Waals surface area contributed by atoms with E-state index in [1.54, 1.807) is 0 Å². The summed E-state index contributed by atoms with van der Waals surface area (Å²) in [5.41, 5.74) is 2.41. The Balaban J connectivity index is 2.41. The van der Waals surface area contributed by atoms with E-state index in [1.165, 1.54) is 11.1 Å². The van der Waals surface area contributed by atoms with E-state index in [4.69, 9.17) is 0 Å². The maximum atomic E-state index is 12.0. The van der Waals surface area contributed by atoms with Crippen molar-refractivity contribution >= 4 is 9.46 Å². The Morgan fingerprint density at radius 3 is 2.54 bits per heavy atom. The molecule has 0 nitrogen and oxygen atoms in total. The van der Waals surface area contributed by atoms with Gasteiger partial charge in [-0.15, -0.1) is 0 Å². The van der Waals surface area contributed by atoms with Gasteiger partial charge in [0.1, 0.15) is 0 Å². The summed E-state index contributed by atoms with van der Waals surface area (Å²) < 4.78 is 24.0. The van der Waals surface area contributed by atoms with Crippen molar-refractivity contribution in [2.45, 2.75) is 25.8 Å². The highest BCUT2D eigenvalue weighted by Crippen LogP contribution is 2.12. The Bertz CT molecular complexity index is 261. The fraction of sp³-hybridized carbons (Fsp3) is 0.400. The summed E-state index contributed by atoms with van der Waals surface area (Å²) in [5.74, 6) is 0. The summed E-state index contributed by atoms with van der Waals surface area (Å²) >= 11 is 0. The third-order valence-electron chi connectivity index (χ3n) is 2.13. The van der Waals surface area contributed by atoms with Crippen LogP contribution in [0.5, 0.6) is 0 Å². The Hall–Kier alpha value is -0.703. The quantitative estimate of drug-likeness (QED) is 0.517. The van der Waals surface area contributed by atoms with Gasteiger partial charge >= 0.3 is 9.46 Å². The van der Waals surface area contributed by atoms with Crippen molar-refractivity contribution in [2.75, 3.05) is 0 Å². The van der Waals surface area contributed by atoms with Crippen LogP contribution in [0.2, 0.25) is 6.04 Å². The molecule has 0 aromatic heterocycles. The first-order valence-corrected chi connectivity index (χ1v) is 6.21. The van der Waals surface area contributed by atoms with Gasteiger partial charge < -0.3 is 0 Å². The van der Waals surface area contributed by atoms with E-state index >= 15 is 0 Å². The van der Waals surface area contributed by atoms with E-state index in [9.17, 15) is 8.22 Å². The third-order valence-corrected chi connectivity index (χ3v) is 2.97. The summed E-state index contributed by atoms with van der Waals surface area (Å²) in [6.45, 7) is 2.02. The number of halogens is 2. The van der Waals surface area contributed by atoms with Crippen LogP contribution < -0.4 is 0 Å². The van der Waals surface area contributed by atoms with Gasteiger partial charge in [0.05, 0.1) is 0 Å². The number of benzene rings is 1. The van der Waals surface area contributed by atoms with E-state index in [1.807, 2.05) is 31.2 Å². The van der Waals surface area contributed by atoms with Gasteiger partial charge in [0.25, 0.3) is 0 Å². The maximum Gasteiger partial charge on any atom is 0.411 e. The predicted octanol–water partition coefficient (Wildman–Crippen LogP) is 3.09. The normalized spacial score (nSPS) is 10.8. The minimum Gasteiger partial charge on any atom is -0.275 e. The molecule has 0 bridgehead atoms. The molecule has 0 atom stereocenters. The van der Waals surface area contributed by atoms with Crippen LogP contribution in [-0.2, 0) is 6.42 Å². The summed E-state index contributed by atoms with van der Waals surface area (Å²) in [7, 11) is -3.33. The number of hydrogen-bond donors (Lipinski definition) is 0. The second-order valence-electron chi connectivity index (χ2n) is 3.21. The van der Waals surface area contributed by atoms with Crippen molar-refractivity contribution in [1.82, 2.24) is 0 Å². The van der Waals surface area contributed by atoms with E-state index in [2.05, 4.69) is 0 Å². The highest BCUT2D eigenvalue weighted by molar-refractivity contribution is 6.42. The van der Waals surface area contributed by atoms with Gasteiger partial charge in [-0.2, -0.15) is 0 Å². The lowest BCUT2D eigenvalue weighted by Crippen LogP contribution is -1.97. The fourth-order valence-electron chi connectivity index (χ4n) is 1.34. The number of rotatable bonds is 4. The monoisotopic (exact) mass is 200 g/mol. The molecular weight excluding hydrogens is 186 g/mol. The zero-order chi connectivity index (χ0) is 9.68. The van der Waals surface area contributed by atoms with Crippen molar-refractivity contribution in [1.29, 1.82) is 0 Å². The van der Waals surface area contributed by atoms with Crippen LogP contribution in [0.1, 0.15) is 17.5 Å². The van der Waals surface area contributed by atoms with E-state index in [0.29, 0.717) is 6.42 Å². The molecule has 1 aromatic rings. The van der Waals surface area contributed by atoms with Crippen molar-refractivity contribution in [3.05, 3.63) is 35.4 Å². The second-order valence-corrected chi connectivity index (χ2v) is 4.57. The van der Waals surface area contributed by atoms with Crippen LogP contribution in [0.15, 0.2) is 24.3 Å². The van der Waals surface area contributed by atoms with Crippen molar-refractivity contribution < 1.29 is 8.22 Å². The number of aryl methyl sites for hydroxylation is 2. The van der Waals surface area contributed by atoms with Gasteiger partial charge in [-0.3, -0.25) is 8.22 Å². The molecule has 0 saturated carbocycles. The van der Waals surface area contributed by atoms with Crippen LogP contribution >= 0.6 is 0 Å². The molecule has 0 N–H and O–H groups in total. The lowest BCUT2D eigenvalue weighted by atomic mass is 10.1. The van der Waals surface area contributed by atoms with Gasteiger partial charge in [0.2, 0.25) is 0 Å². The maximum absolute atomic E-state index is 12.0. The zero-order valence-electron chi connectivity index (χ0n) is 7.76. The average molecular weight is 200 g/mol. The topological polar surface area (TPSA) is 0 Å². The molecule has 3 heteroatoms. The Morgan fingerprint density at radius 2 is 1.92 bits per heavy atom. The van der Waals surface area contributed by atoms with Gasteiger partial charge in [-0.1, -0.05) is 24.3 Å². The SMILES string of the molecule is Cc1ccccc1CCC[SiH](F)F. The Labute approximate surface area is 79.5 Å². The molecule has 0 radical (unpaired) electrons. The molecule has 0 amide bonds. The molecule has 0 unspecified atom stereocenters. The molecule has 0 fully saturated rings. The van der Waals surface area contributed by atoms with Crippen LogP contribution in [0.3, 0.4) is 0 Å². The minimum atomic E-state index is -3.33. The first-order valence-electron chi connectivity index (χ1n) is 4.53. The summed E-state index contributed by atoms with van der Waals surface area (Å²) in [6, 6.07) is 8.12. The molecule has 72 valence electrons. The third kappa shape index (κ3) is 3.68. The molecule has 1 rings (SSSR count). The molecular formula is C10H14F2Si. The fourth-order valence-corrected chi connectivity index (χ4v) is 1.85. The standard InChI is InChI=1S/C10H14F2Si/c1-9-5-2-3-6-10(9)7-4-8-13(11)12/h2-3,5-6,13H,4,7-8H2,1H3. The van der Waals surface area contributed by atoms with Gasteiger partial charge in [0, 0.05) is 0 Å². The molecule has 0 aliphatic heterocycles. The largest absolute Gasteiger partial charge is 0.411 e. The average Bonchev–Trinajstić information content (AvgIpc) is 2.08. The van der Waals surface area contributed by atoms with Crippen LogP contribution in [0, 0.1) is 6.92 Å². The lowest BCUT2D eigenvalue weighted by Gasteiger charge is -2.03. The zero-order valence-corrected chi connectivity index (χ0v) is 8.92. The first kappa shape index (κ1) is 10.4. The van der Waals surface area contributed by atoms with E-state index < -0.39 is 9.46 Å². The number of hydrogen-bond acceptors (Lipinski definition) is 0. The highest BCUT2D eigenvalue weighted by Gasteiger charge is 2.06. The van der Waals surface area contributed by atoms with Gasteiger partial charge in [0.15, 0.2) is 0 Å². The highest BCUT2D eigenvalue weighted by atomic mass is 28.4. The van der Waals surface area contributed by atoms with E-state index in [0.717, 1.165) is 6.42 Å². The van der Waals surface area contributed by atoms with Crippen molar-refractivity contribution in [2.24, 2.45) is 0 Å². The second kappa shape index (κ2) is 5.12. The van der Waals surface area contributed by atoms with Crippen molar-refractivity contribution in [3.8, 4) is 0 Å². The minimum absolute atomic E-state index is 0.147. The smallest absolute Gasteiger partial charge is 0.275 e. The molecule has 13 heavy (non-hydrogen) atoms. The molecule has 0 heterocycles. The molecule has 0 saturated heterocycles. The molecule has 1 aromatic carbocycles. The molecule has 0 spiro atoms. The van der Waals surface area contributed by atoms with Crippen molar-refractivity contribution in [3.63, 3.8) is 0 Å². The molecule has 0 aliphatic carbocycles. The Kier molecular flexibility index (Phi) is 4.09. The van der Waals surface area contributed by atoms with Gasteiger partial charge in [-0.05, 0) is 36.9 Å². The van der Waals surface area contributed by atoms with Crippen LogP contribution in [0.25, 0.3) is 0 Å². The lowest BCUT2D eigenvalue weighted by molar-refractivity contribution is 0.641.